The fraction of sp³-hybridized carbons (Fsp3) is 0.143. The van der Waals surface area contributed by atoms with Crippen molar-refractivity contribution >= 4 is 33.0 Å². The van der Waals surface area contributed by atoms with Crippen molar-refractivity contribution in [3.05, 3.63) is 63.9 Å². The van der Waals surface area contributed by atoms with Crippen LogP contribution in [0.2, 0.25) is 10.0 Å². The minimum atomic E-state index is -3.74. The molecule has 0 saturated heterocycles. The molecule has 0 amide bonds. The van der Waals surface area contributed by atoms with Crippen LogP contribution in [0.15, 0.2) is 47.4 Å². The zero-order valence-corrected chi connectivity index (χ0v) is 13.0. The van der Waals surface area contributed by atoms with E-state index in [2.05, 4.69) is 0 Å². The summed E-state index contributed by atoms with van der Waals surface area (Å²) in [6, 6.07) is 8.82. The van der Waals surface area contributed by atoms with Gasteiger partial charge >= 0.3 is 0 Å². The van der Waals surface area contributed by atoms with E-state index < -0.39 is 27.5 Å². The molecule has 0 radical (unpaired) electrons. The summed E-state index contributed by atoms with van der Waals surface area (Å²) in [7, 11) is -3.74. The summed E-state index contributed by atoms with van der Waals surface area (Å²) >= 11 is 11.6. The van der Waals surface area contributed by atoms with E-state index in [9.17, 15) is 17.9 Å². The lowest BCUT2D eigenvalue weighted by Gasteiger charge is -2.12. The van der Waals surface area contributed by atoms with Crippen LogP contribution in [0.3, 0.4) is 0 Å². The van der Waals surface area contributed by atoms with Crippen LogP contribution in [0.5, 0.6) is 0 Å². The molecule has 0 saturated carbocycles. The van der Waals surface area contributed by atoms with Crippen molar-refractivity contribution in [2.24, 2.45) is 0 Å². The molecule has 21 heavy (non-hydrogen) atoms. The Morgan fingerprint density at radius 1 is 1.05 bits per heavy atom. The molecule has 0 aromatic heterocycles. The molecule has 2 aromatic carbocycles. The number of benzene rings is 2. The van der Waals surface area contributed by atoms with Gasteiger partial charge in [0.05, 0.1) is 26.8 Å². The standard InChI is InChI=1S/C14H11Cl2FO3S/c15-12-6-1-9(7-13(12)16)14(18)8-21(19,20)11-4-2-10(17)3-5-11/h1-7,14,18H,8H2. The minimum Gasteiger partial charge on any atom is -0.387 e. The first-order valence-electron chi connectivity index (χ1n) is 5.91. The summed E-state index contributed by atoms with van der Waals surface area (Å²) in [5.74, 6) is -1.06. The Morgan fingerprint density at radius 3 is 2.24 bits per heavy atom. The van der Waals surface area contributed by atoms with Gasteiger partial charge in [-0.3, -0.25) is 0 Å². The zero-order valence-electron chi connectivity index (χ0n) is 10.6. The van der Waals surface area contributed by atoms with Crippen molar-refractivity contribution in [3.63, 3.8) is 0 Å². The van der Waals surface area contributed by atoms with Gasteiger partial charge in [0.1, 0.15) is 5.82 Å². The maximum Gasteiger partial charge on any atom is 0.181 e. The Kier molecular flexibility index (Phi) is 4.88. The summed E-state index contributed by atoms with van der Waals surface area (Å²) in [6.45, 7) is 0. The average molecular weight is 349 g/mol. The highest BCUT2D eigenvalue weighted by atomic mass is 35.5. The molecule has 0 aliphatic carbocycles. The molecule has 2 aromatic rings. The van der Waals surface area contributed by atoms with E-state index in [1.165, 1.54) is 18.2 Å². The number of aliphatic hydroxyl groups is 1. The fourth-order valence-corrected chi connectivity index (χ4v) is 3.42. The molecule has 112 valence electrons. The van der Waals surface area contributed by atoms with Crippen LogP contribution >= 0.6 is 23.2 Å². The molecule has 7 heteroatoms. The molecule has 0 fully saturated rings. The van der Waals surface area contributed by atoms with Crippen LogP contribution in [0.4, 0.5) is 4.39 Å². The Hall–Kier alpha value is -1.14. The highest BCUT2D eigenvalue weighted by Crippen LogP contribution is 2.27. The van der Waals surface area contributed by atoms with Gasteiger partial charge in [-0.05, 0) is 42.0 Å². The Labute approximate surface area is 131 Å². The van der Waals surface area contributed by atoms with Gasteiger partial charge in [0.25, 0.3) is 0 Å². The summed E-state index contributed by atoms with van der Waals surface area (Å²) in [5.41, 5.74) is 0.343. The maximum absolute atomic E-state index is 12.8. The summed E-state index contributed by atoms with van der Waals surface area (Å²) in [6.07, 6.45) is -1.25. The van der Waals surface area contributed by atoms with E-state index in [4.69, 9.17) is 23.2 Å². The lowest BCUT2D eigenvalue weighted by molar-refractivity contribution is 0.201. The van der Waals surface area contributed by atoms with Crippen molar-refractivity contribution in [2.45, 2.75) is 11.0 Å². The average Bonchev–Trinajstić information content (AvgIpc) is 2.41. The lowest BCUT2D eigenvalue weighted by Crippen LogP contribution is -2.14. The second-order valence-electron chi connectivity index (χ2n) is 4.42. The van der Waals surface area contributed by atoms with Gasteiger partial charge in [-0.15, -0.1) is 0 Å². The molecular formula is C14H11Cl2FO3S. The smallest absolute Gasteiger partial charge is 0.181 e. The topological polar surface area (TPSA) is 54.4 Å². The highest BCUT2D eigenvalue weighted by Gasteiger charge is 2.21. The quantitative estimate of drug-likeness (QED) is 0.858. The van der Waals surface area contributed by atoms with Crippen molar-refractivity contribution < 1.29 is 17.9 Å². The van der Waals surface area contributed by atoms with Crippen LogP contribution in [0, 0.1) is 5.82 Å². The minimum absolute atomic E-state index is 0.0528. The molecule has 0 aliphatic heterocycles. The van der Waals surface area contributed by atoms with Crippen molar-refractivity contribution in [1.82, 2.24) is 0 Å². The first kappa shape index (κ1) is 16.2. The van der Waals surface area contributed by atoms with E-state index in [0.717, 1.165) is 24.3 Å². The normalized spacial score (nSPS) is 13.1. The third-order valence-corrected chi connectivity index (χ3v) is 5.36. The SMILES string of the molecule is O=S(=O)(CC(O)c1ccc(Cl)c(Cl)c1)c1ccc(F)cc1. The molecular weight excluding hydrogens is 338 g/mol. The van der Waals surface area contributed by atoms with Crippen LogP contribution in [-0.4, -0.2) is 19.3 Å². The van der Waals surface area contributed by atoms with Crippen LogP contribution < -0.4 is 0 Å². The summed E-state index contributed by atoms with van der Waals surface area (Å²) in [5, 5.41) is 10.6. The molecule has 1 atom stereocenters. The molecule has 0 aliphatic rings. The van der Waals surface area contributed by atoms with Gasteiger partial charge in [0, 0.05) is 0 Å². The van der Waals surface area contributed by atoms with Gasteiger partial charge in [0.2, 0.25) is 0 Å². The Morgan fingerprint density at radius 2 is 1.67 bits per heavy atom. The second-order valence-corrected chi connectivity index (χ2v) is 7.27. The lowest BCUT2D eigenvalue weighted by atomic mass is 10.1. The third kappa shape index (κ3) is 3.95. The van der Waals surface area contributed by atoms with Gasteiger partial charge in [0.15, 0.2) is 9.84 Å². The molecule has 1 N–H and O–H groups in total. The number of aliphatic hydroxyl groups excluding tert-OH is 1. The number of halogens is 3. The summed E-state index contributed by atoms with van der Waals surface area (Å²) in [4.78, 5) is -0.0528. The van der Waals surface area contributed by atoms with Gasteiger partial charge in [-0.1, -0.05) is 29.3 Å². The second kappa shape index (κ2) is 6.32. The molecule has 2 rings (SSSR count). The van der Waals surface area contributed by atoms with Gasteiger partial charge in [-0.2, -0.15) is 0 Å². The first-order valence-corrected chi connectivity index (χ1v) is 8.32. The predicted molar refractivity (Wildman–Crippen MR) is 79.9 cm³/mol. The molecule has 3 nitrogen and oxygen atoms in total. The predicted octanol–water partition coefficient (Wildman–Crippen LogP) is 3.64. The van der Waals surface area contributed by atoms with Crippen molar-refractivity contribution in [3.8, 4) is 0 Å². The fourth-order valence-electron chi connectivity index (χ4n) is 1.76. The van der Waals surface area contributed by atoms with E-state index in [1.807, 2.05) is 0 Å². The summed E-state index contributed by atoms with van der Waals surface area (Å²) < 4.78 is 37.1. The Balaban J connectivity index is 2.23. The number of hydrogen-bond donors (Lipinski definition) is 1. The zero-order chi connectivity index (χ0) is 15.6. The molecule has 0 heterocycles. The molecule has 1 unspecified atom stereocenters. The van der Waals surface area contributed by atoms with E-state index in [-0.39, 0.29) is 9.92 Å². The van der Waals surface area contributed by atoms with Crippen molar-refractivity contribution in [2.75, 3.05) is 5.75 Å². The third-order valence-electron chi connectivity index (χ3n) is 2.88. The van der Waals surface area contributed by atoms with Crippen molar-refractivity contribution in [1.29, 1.82) is 0 Å². The monoisotopic (exact) mass is 348 g/mol. The number of rotatable bonds is 4. The molecule has 0 bridgehead atoms. The largest absolute Gasteiger partial charge is 0.387 e. The highest BCUT2D eigenvalue weighted by molar-refractivity contribution is 7.91. The maximum atomic E-state index is 12.8. The van der Waals surface area contributed by atoms with Crippen LogP contribution in [0.1, 0.15) is 11.7 Å². The van der Waals surface area contributed by atoms with E-state index >= 15 is 0 Å². The number of hydrogen-bond acceptors (Lipinski definition) is 3. The molecule has 0 spiro atoms. The van der Waals surface area contributed by atoms with Gasteiger partial charge < -0.3 is 5.11 Å². The van der Waals surface area contributed by atoms with Gasteiger partial charge in [-0.25, -0.2) is 12.8 Å². The number of sulfone groups is 1. The van der Waals surface area contributed by atoms with Crippen LogP contribution in [0.25, 0.3) is 0 Å². The Bertz CT molecular complexity index is 745. The van der Waals surface area contributed by atoms with Crippen LogP contribution in [-0.2, 0) is 9.84 Å². The van der Waals surface area contributed by atoms with E-state index in [0.29, 0.717) is 10.6 Å². The van der Waals surface area contributed by atoms with E-state index in [1.54, 1.807) is 0 Å². The first-order chi connectivity index (χ1) is 9.79.